The molecule has 1 N–H and O–H groups in total. The van der Waals surface area contributed by atoms with E-state index in [2.05, 4.69) is 4.85 Å². The third-order valence-corrected chi connectivity index (χ3v) is 3.25. The summed E-state index contributed by atoms with van der Waals surface area (Å²) in [6.07, 6.45) is -0.634. The molecule has 1 aromatic carbocycles. The molecule has 2 aromatic rings. The molecule has 0 fully saturated rings. The first-order valence-electron chi connectivity index (χ1n) is 4.31. The minimum absolute atomic E-state index is 0.146. The summed E-state index contributed by atoms with van der Waals surface area (Å²) in [5.74, 6) is 0. The molecule has 3 heteroatoms. The van der Waals surface area contributed by atoms with Crippen molar-refractivity contribution in [2.45, 2.75) is 6.10 Å². The zero-order chi connectivity index (χ0) is 9.97. The van der Waals surface area contributed by atoms with Crippen LogP contribution in [0.25, 0.3) is 14.9 Å². The van der Waals surface area contributed by atoms with Crippen molar-refractivity contribution < 1.29 is 5.11 Å². The van der Waals surface area contributed by atoms with Crippen molar-refractivity contribution in [1.29, 1.82) is 0 Å². The second kappa shape index (κ2) is 3.79. The lowest BCUT2D eigenvalue weighted by Crippen LogP contribution is -1.96. The van der Waals surface area contributed by atoms with Crippen LogP contribution in [0.15, 0.2) is 30.3 Å². The smallest absolute Gasteiger partial charge is 0.245 e. The Morgan fingerprint density at radius 1 is 1.43 bits per heavy atom. The monoisotopic (exact) mass is 203 g/mol. The van der Waals surface area contributed by atoms with E-state index in [0.29, 0.717) is 0 Å². The Kier molecular flexibility index (Phi) is 2.49. The Balaban J connectivity index is 2.41. The number of aliphatic hydroxyl groups excluding tert-OH is 1. The summed E-state index contributed by atoms with van der Waals surface area (Å²) in [6, 6.07) is 9.94. The van der Waals surface area contributed by atoms with Crippen LogP contribution in [0.2, 0.25) is 0 Å². The molecule has 0 spiro atoms. The largest absolute Gasteiger partial charge is 0.380 e. The highest BCUT2D eigenvalue weighted by molar-refractivity contribution is 7.19. The van der Waals surface area contributed by atoms with E-state index in [1.165, 1.54) is 0 Å². The van der Waals surface area contributed by atoms with Gasteiger partial charge in [0.25, 0.3) is 0 Å². The standard InChI is InChI=1S/C11H9NOS/c1-12-7-9(13)11-6-8-4-2-3-5-10(8)14-11/h2-6,9,13H,7H2. The fourth-order valence-corrected chi connectivity index (χ4v) is 2.38. The maximum absolute atomic E-state index is 9.62. The van der Waals surface area contributed by atoms with E-state index in [-0.39, 0.29) is 6.54 Å². The molecule has 0 aliphatic carbocycles. The van der Waals surface area contributed by atoms with E-state index in [0.717, 1.165) is 15.0 Å². The van der Waals surface area contributed by atoms with Crippen molar-refractivity contribution >= 4 is 21.4 Å². The fourth-order valence-electron chi connectivity index (χ4n) is 1.34. The summed E-state index contributed by atoms with van der Waals surface area (Å²) in [7, 11) is 0. The normalized spacial score (nSPS) is 12.6. The lowest BCUT2D eigenvalue weighted by molar-refractivity contribution is 0.199. The molecule has 0 radical (unpaired) electrons. The minimum Gasteiger partial charge on any atom is -0.380 e. The van der Waals surface area contributed by atoms with E-state index < -0.39 is 6.10 Å². The molecule has 0 saturated carbocycles. The number of thiophene rings is 1. The minimum atomic E-state index is -0.634. The van der Waals surface area contributed by atoms with Crippen molar-refractivity contribution in [3.63, 3.8) is 0 Å². The SMILES string of the molecule is [C-]#[N+]CC(O)c1cc2ccccc2s1. The molecule has 1 aromatic heterocycles. The fraction of sp³-hybridized carbons (Fsp3) is 0.182. The van der Waals surface area contributed by atoms with Crippen LogP contribution in [0.1, 0.15) is 11.0 Å². The summed E-state index contributed by atoms with van der Waals surface area (Å²) in [6.45, 7) is 6.83. The first-order valence-corrected chi connectivity index (χ1v) is 5.12. The van der Waals surface area contributed by atoms with E-state index in [4.69, 9.17) is 6.57 Å². The summed E-state index contributed by atoms with van der Waals surface area (Å²) >= 11 is 1.55. The van der Waals surface area contributed by atoms with Gasteiger partial charge < -0.3 is 9.95 Å². The number of hydrogen-bond acceptors (Lipinski definition) is 2. The summed E-state index contributed by atoms with van der Waals surface area (Å²) < 4.78 is 1.16. The molecule has 70 valence electrons. The van der Waals surface area contributed by atoms with Crippen LogP contribution in [0.3, 0.4) is 0 Å². The van der Waals surface area contributed by atoms with Gasteiger partial charge in [0.1, 0.15) is 0 Å². The van der Waals surface area contributed by atoms with Gasteiger partial charge in [-0.25, -0.2) is 6.57 Å². The number of aliphatic hydroxyl groups is 1. The predicted molar refractivity (Wildman–Crippen MR) is 58.3 cm³/mol. The lowest BCUT2D eigenvalue weighted by atomic mass is 10.2. The Bertz CT molecular complexity index is 450. The van der Waals surface area contributed by atoms with Crippen LogP contribution in [-0.4, -0.2) is 11.7 Å². The second-order valence-electron chi connectivity index (χ2n) is 3.04. The molecular formula is C11H9NOS. The molecule has 0 amide bonds. The second-order valence-corrected chi connectivity index (χ2v) is 4.16. The number of fused-ring (bicyclic) bond motifs is 1. The molecule has 0 bridgehead atoms. The maximum Gasteiger partial charge on any atom is 0.245 e. The van der Waals surface area contributed by atoms with Crippen molar-refractivity contribution in [3.8, 4) is 0 Å². The molecule has 0 aliphatic rings. The van der Waals surface area contributed by atoms with Crippen LogP contribution in [0, 0.1) is 6.57 Å². The maximum atomic E-state index is 9.62. The van der Waals surface area contributed by atoms with Crippen LogP contribution in [0.4, 0.5) is 0 Å². The van der Waals surface area contributed by atoms with Gasteiger partial charge in [-0.1, -0.05) is 18.2 Å². The lowest BCUT2D eigenvalue weighted by Gasteiger charge is -1.97. The van der Waals surface area contributed by atoms with Crippen molar-refractivity contribution in [2.75, 3.05) is 6.54 Å². The summed E-state index contributed by atoms with van der Waals surface area (Å²) in [5, 5.41) is 10.8. The number of nitrogens with zero attached hydrogens (tertiary/aromatic N) is 1. The predicted octanol–water partition coefficient (Wildman–Crippen LogP) is 2.85. The van der Waals surface area contributed by atoms with Gasteiger partial charge in [0.05, 0.1) is 0 Å². The highest BCUT2D eigenvalue weighted by atomic mass is 32.1. The van der Waals surface area contributed by atoms with E-state index in [9.17, 15) is 5.11 Å². The topological polar surface area (TPSA) is 24.6 Å². The zero-order valence-corrected chi connectivity index (χ0v) is 8.29. The summed E-state index contributed by atoms with van der Waals surface area (Å²) in [5.41, 5.74) is 0. The van der Waals surface area contributed by atoms with Crippen molar-refractivity contribution in [1.82, 2.24) is 0 Å². The van der Waals surface area contributed by atoms with Crippen LogP contribution in [0.5, 0.6) is 0 Å². The molecule has 1 heterocycles. The molecular weight excluding hydrogens is 194 g/mol. The van der Waals surface area contributed by atoms with Crippen molar-refractivity contribution in [3.05, 3.63) is 46.6 Å². The van der Waals surface area contributed by atoms with Crippen LogP contribution >= 0.6 is 11.3 Å². The van der Waals surface area contributed by atoms with Gasteiger partial charge in [0.15, 0.2) is 6.10 Å². The first-order chi connectivity index (χ1) is 6.81. The average Bonchev–Trinajstić information content (AvgIpc) is 2.61. The van der Waals surface area contributed by atoms with Gasteiger partial charge in [0.2, 0.25) is 6.54 Å². The van der Waals surface area contributed by atoms with Crippen LogP contribution in [-0.2, 0) is 0 Å². The van der Waals surface area contributed by atoms with Gasteiger partial charge in [-0.15, -0.1) is 11.3 Å². The van der Waals surface area contributed by atoms with E-state index in [1.54, 1.807) is 11.3 Å². The van der Waals surface area contributed by atoms with Crippen LogP contribution < -0.4 is 0 Å². The third-order valence-electron chi connectivity index (χ3n) is 2.04. The molecule has 1 unspecified atom stereocenters. The highest BCUT2D eigenvalue weighted by Gasteiger charge is 2.12. The molecule has 1 atom stereocenters. The molecule has 2 rings (SSSR count). The van der Waals surface area contributed by atoms with Gasteiger partial charge in [0, 0.05) is 9.58 Å². The number of hydrogen-bond donors (Lipinski definition) is 1. The highest BCUT2D eigenvalue weighted by Crippen LogP contribution is 2.29. The Morgan fingerprint density at radius 3 is 2.93 bits per heavy atom. The Labute approximate surface area is 86.2 Å². The number of benzene rings is 1. The van der Waals surface area contributed by atoms with E-state index >= 15 is 0 Å². The quantitative estimate of drug-likeness (QED) is 0.746. The number of rotatable bonds is 2. The Morgan fingerprint density at radius 2 is 2.21 bits per heavy atom. The molecule has 0 aliphatic heterocycles. The van der Waals surface area contributed by atoms with Gasteiger partial charge in [-0.05, 0) is 17.5 Å². The van der Waals surface area contributed by atoms with Gasteiger partial charge >= 0.3 is 0 Å². The summed E-state index contributed by atoms with van der Waals surface area (Å²) in [4.78, 5) is 4.07. The zero-order valence-electron chi connectivity index (χ0n) is 7.47. The molecule has 2 nitrogen and oxygen atoms in total. The van der Waals surface area contributed by atoms with Gasteiger partial charge in [-0.3, -0.25) is 0 Å². The molecule has 14 heavy (non-hydrogen) atoms. The average molecular weight is 203 g/mol. The molecule has 0 saturated heterocycles. The van der Waals surface area contributed by atoms with E-state index in [1.807, 2.05) is 30.3 Å². The Hall–Kier alpha value is -1.37. The van der Waals surface area contributed by atoms with Gasteiger partial charge in [-0.2, -0.15) is 0 Å². The van der Waals surface area contributed by atoms with Crippen molar-refractivity contribution in [2.24, 2.45) is 0 Å². The first kappa shape index (κ1) is 9.20. The third kappa shape index (κ3) is 1.63.